The molecule has 0 fully saturated rings. The smallest absolute Gasteiger partial charge is 0.0893 e. The molecule has 0 amide bonds. The largest absolute Gasteiger partial charge is 0.250 e. The molecule has 0 aliphatic carbocycles. The van der Waals surface area contributed by atoms with Crippen LogP contribution in [0.3, 0.4) is 0 Å². The Morgan fingerprint density at radius 1 is 1.08 bits per heavy atom. The van der Waals surface area contributed by atoms with Crippen LogP contribution in [0.2, 0.25) is 0 Å². The van der Waals surface area contributed by atoms with E-state index in [2.05, 4.69) is 24.0 Å². The van der Waals surface area contributed by atoms with Crippen molar-refractivity contribution < 1.29 is 0 Å². The molecular formula is C11H13NS. The van der Waals surface area contributed by atoms with Crippen LogP contribution in [0.1, 0.15) is 10.6 Å². The minimum atomic E-state index is 1.13. The van der Waals surface area contributed by atoms with Gasteiger partial charge in [0.15, 0.2) is 0 Å². The number of aryl methyl sites for hydroxylation is 2. The molecule has 13 heavy (non-hydrogen) atoms. The molecule has 0 bridgehead atoms. The highest BCUT2D eigenvalue weighted by Crippen LogP contribution is 1.98. The molecule has 0 aliphatic rings. The lowest BCUT2D eigenvalue weighted by Crippen LogP contribution is -1.62. The van der Waals surface area contributed by atoms with E-state index in [9.17, 15) is 0 Å². The third-order valence-corrected chi connectivity index (χ3v) is 2.20. The van der Waals surface area contributed by atoms with Gasteiger partial charge in [-0.2, -0.15) is 0 Å². The fraction of sp³-hybridized carbons (Fsp3) is 0.182. The average Bonchev–Trinajstić information content (AvgIpc) is 2.58. The van der Waals surface area contributed by atoms with Crippen molar-refractivity contribution in [3.05, 3.63) is 52.5 Å². The van der Waals surface area contributed by atoms with Gasteiger partial charge in [0.05, 0.1) is 5.01 Å². The molecule has 0 spiro atoms. The summed E-state index contributed by atoms with van der Waals surface area (Å²) in [5, 5.41) is 3.10. The summed E-state index contributed by atoms with van der Waals surface area (Å²) in [6, 6.07) is 10.3. The van der Waals surface area contributed by atoms with E-state index >= 15 is 0 Å². The van der Waals surface area contributed by atoms with Crippen molar-refractivity contribution in [1.29, 1.82) is 0 Å². The van der Waals surface area contributed by atoms with E-state index in [1.165, 1.54) is 5.56 Å². The molecule has 0 unspecified atom stereocenters. The molecule has 2 rings (SSSR count). The highest BCUT2D eigenvalue weighted by Gasteiger charge is 1.76. The lowest BCUT2D eigenvalue weighted by Gasteiger charge is -1.82. The Morgan fingerprint density at radius 3 is 2.00 bits per heavy atom. The predicted molar refractivity (Wildman–Crippen MR) is 58.0 cm³/mol. The maximum absolute atomic E-state index is 3.94. The Morgan fingerprint density at radius 2 is 1.77 bits per heavy atom. The SMILES string of the molecule is Cc1ccccc1.Cc1nccs1. The average molecular weight is 191 g/mol. The maximum atomic E-state index is 3.94. The van der Waals surface area contributed by atoms with Crippen LogP contribution in [-0.2, 0) is 0 Å². The molecule has 0 aliphatic heterocycles. The molecule has 2 heteroatoms. The Labute approximate surface area is 83.1 Å². The van der Waals surface area contributed by atoms with Gasteiger partial charge < -0.3 is 0 Å². The zero-order valence-electron chi connectivity index (χ0n) is 7.90. The third-order valence-electron chi connectivity index (χ3n) is 1.50. The van der Waals surface area contributed by atoms with Crippen LogP contribution in [0, 0.1) is 13.8 Å². The molecule has 0 saturated carbocycles. The van der Waals surface area contributed by atoms with Gasteiger partial charge in [-0.3, -0.25) is 4.98 Å². The number of hydrogen-bond acceptors (Lipinski definition) is 2. The lowest BCUT2D eigenvalue weighted by atomic mass is 10.2. The van der Waals surface area contributed by atoms with Crippen molar-refractivity contribution in [1.82, 2.24) is 4.98 Å². The van der Waals surface area contributed by atoms with Gasteiger partial charge in [-0.15, -0.1) is 11.3 Å². The standard InChI is InChI=1S/C7H8.C4H5NS/c1-7-5-3-2-4-6-7;1-4-5-2-3-6-4/h2-6H,1H3;2-3H,1H3. The Balaban J connectivity index is 0.000000132. The molecule has 0 N–H and O–H groups in total. The first-order valence-electron chi connectivity index (χ1n) is 4.17. The molecule has 1 nitrogen and oxygen atoms in total. The summed E-state index contributed by atoms with van der Waals surface area (Å²) in [5.41, 5.74) is 1.32. The van der Waals surface area contributed by atoms with Gasteiger partial charge in [-0.1, -0.05) is 35.9 Å². The predicted octanol–water partition coefficient (Wildman–Crippen LogP) is 3.45. The second kappa shape index (κ2) is 5.49. The van der Waals surface area contributed by atoms with Crippen molar-refractivity contribution in [2.45, 2.75) is 13.8 Å². The van der Waals surface area contributed by atoms with E-state index in [0.29, 0.717) is 0 Å². The number of hydrogen-bond donors (Lipinski definition) is 0. The van der Waals surface area contributed by atoms with Crippen molar-refractivity contribution in [3.63, 3.8) is 0 Å². The number of benzene rings is 1. The van der Waals surface area contributed by atoms with Gasteiger partial charge in [0, 0.05) is 11.6 Å². The molecule has 0 radical (unpaired) electrons. The van der Waals surface area contributed by atoms with Crippen LogP contribution in [0.15, 0.2) is 41.9 Å². The fourth-order valence-corrected chi connectivity index (χ4v) is 1.27. The highest BCUT2D eigenvalue weighted by atomic mass is 32.1. The van der Waals surface area contributed by atoms with E-state index in [1.807, 2.05) is 30.5 Å². The van der Waals surface area contributed by atoms with Crippen molar-refractivity contribution in [2.24, 2.45) is 0 Å². The molecule has 0 atom stereocenters. The van der Waals surface area contributed by atoms with E-state index < -0.39 is 0 Å². The minimum Gasteiger partial charge on any atom is -0.250 e. The van der Waals surface area contributed by atoms with Crippen LogP contribution in [-0.4, -0.2) is 4.98 Å². The van der Waals surface area contributed by atoms with Gasteiger partial charge in [-0.05, 0) is 13.8 Å². The topological polar surface area (TPSA) is 12.9 Å². The lowest BCUT2D eigenvalue weighted by molar-refractivity contribution is 1.30. The summed E-state index contributed by atoms with van der Waals surface area (Å²) in [5.74, 6) is 0. The van der Waals surface area contributed by atoms with Gasteiger partial charge in [0.1, 0.15) is 0 Å². The van der Waals surface area contributed by atoms with E-state index in [-0.39, 0.29) is 0 Å². The van der Waals surface area contributed by atoms with E-state index in [1.54, 1.807) is 17.5 Å². The fourth-order valence-electron chi connectivity index (χ4n) is 0.829. The summed E-state index contributed by atoms with van der Waals surface area (Å²) in [6.07, 6.45) is 1.81. The number of aromatic nitrogens is 1. The Kier molecular flexibility index (Phi) is 4.19. The maximum Gasteiger partial charge on any atom is 0.0893 e. The molecule has 0 saturated heterocycles. The van der Waals surface area contributed by atoms with E-state index in [0.717, 1.165) is 5.01 Å². The zero-order valence-corrected chi connectivity index (χ0v) is 8.71. The molecule has 2 aromatic rings. The zero-order chi connectivity index (χ0) is 9.52. The second-order valence-electron chi connectivity index (χ2n) is 2.71. The van der Waals surface area contributed by atoms with Gasteiger partial charge in [0.2, 0.25) is 0 Å². The molecular weight excluding hydrogens is 178 g/mol. The van der Waals surface area contributed by atoms with E-state index in [4.69, 9.17) is 0 Å². The quantitative estimate of drug-likeness (QED) is 0.621. The first-order chi connectivity index (χ1) is 6.29. The summed E-state index contributed by atoms with van der Waals surface area (Å²) >= 11 is 1.67. The van der Waals surface area contributed by atoms with Crippen LogP contribution >= 0.6 is 11.3 Å². The van der Waals surface area contributed by atoms with Gasteiger partial charge >= 0.3 is 0 Å². The molecule has 1 heterocycles. The molecule has 1 aromatic heterocycles. The normalized spacial score (nSPS) is 8.77. The summed E-state index contributed by atoms with van der Waals surface area (Å²) < 4.78 is 0. The first-order valence-corrected chi connectivity index (χ1v) is 5.05. The van der Waals surface area contributed by atoms with Crippen molar-refractivity contribution in [2.75, 3.05) is 0 Å². The summed E-state index contributed by atoms with van der Waals surface area (Å²) in [6.45, 7) is 4.07. The monoisotopic (exact) mass is 191 g/mol. The Hall–Kier alpha value is -1.15. The number of nitrogens with zero attached hydrogens (tertiary/aromatic N) is 1. The Bertz CT molecular complexity index is 313. The highest BCUT2D eigenvalue weighted by molar-refractivity contribution is 7.09. The van der Waals surface area contributed by atoms with Crippen molar-refractivity contribution in [3.8, 4) is 0 Å². The van der Waals surface area contributed by atoms with Crippen molar-refractivity contribution >= 4 is 11.3 Å². The third kappa shape index (κ3) is 4.43. The molecule has 1 aromatic carbocycles. The summed E-state index contributed by atoms with van der Waals surface area (Å²) in [7, 11) is 0. The van der Waals surface area contributed by atoms with Gasteiger partial charge in [-0.25, -0.2) is 0 Å². The van der Waals surface area contributed by atoms with Crippen LogP contribution in [0.4, 0.5) is 0 Å². The minimum absolute atomic E-state index is 1.13. The first kappa shape index (κ1) is 9.93. The number of thiazole rings is 1. The summed E-state index contributed by atoms with van der Waals surface area (Å²) in [4.78, 5) is 3.94. The second-order valence-corrected chi connectivity index (χ2v) is 3.80. The van der Waals surface area contributed by atoms with Crippen LogP contribution in [0.25, 0.3) is 0 Å². The molecule has 68 valence electrons. The number of rotatable bonds is 0. The van der Waals surface area contributed by atoms with Gasteiger partial charge in [0.25, 0.3) is 0 Å². The van der Waals surface area contributed by atoms with Crippen LogP contribution in [0.5, 0.6) is 0 Å². The van der Waals surface area contributed by atoms with Crippen LogP contribution < -0.4 is 0 Å².